The first kappa shape index (κ1) is 33.0. The highest BCUT2D eigenvalue weighted by atomic mass is 35.5. The standard InChI is InChI=1S/C17H20Cl2N2O3.C12H12Cl2N2O.ClH/c1-17(2,3)24-16(23)21-9-10-7-11(21)8-20(10)15(22)12-5-4-6-13(18)14(12)19;13-10-3-1-2-9(11(10)14)12(17)16-6-7-4-8(16)5-15-7;/h4-6,10-11H,7-9H2,1-3H3;1-3,7-8,15H,4-6H2;1H/t10-,11-;7-,8-;/m11./s1. The number of carbonyl (C=O) groups is 3. The van der Waals surface area contributed by atoms with E-state index in [1.807, 2.05) is 25.7 Å². The van der Waals surface area contributed by atoms with Gasteiger partial charge in [0, 0.05) is 38.3 Å². The van der Waals surface area contributed by atoms with Gasteiger partial charge in [0.1, 0.15) is 5.60 Å². The summed E-state index contributed by atoms with van der Waals surface area (Å²) in [5.41, 5.74) is 0.384. The molecule has 13 heteroatoms. The van der Waals surface area contributed by atoms with Gasteiger partial charge in [0.15, 0.2) is 0 Å². The molecule has 6 rings (SSSR count). The second-order valence-corrected chi connectivity index (χ2v) is 13.4. The number of rotatable bonds is 2. The number of hydrogen-bond acceptors (Lipinski definition) is 5. The maximum Gasteiger partial charge on any atom is 0.410 e. The molecule has 0 aliphatic carbocycles. The molecule has 0 aromatic heterocycles. The molecule has 4 fully saturated rings. The molecule has 4 atom stereocenters. The summed E-state index contributed by atoms with van der Waals surface area (Å²) in [5, 5.41) is 4.79. The van der Waals surface area contributed by atoms with Crippen molar-refractivity contribution in [3.05, 3.63) is 67.6 Å². The number of piperazine rings is 2. The molecule has 4 aliphatic rings. The summed E-state index contributed by atoms with van der Waals surface area (Å²) in [6.07, 6.45) is 1.50. The number of fused-ring (bicyclic) bond motifs is 4. The summed E-state index contributed by atoms with van der Waals surface area (Å²) in [6, 6.07) is 11.0. The maximum atomic E-state index is 12.8. The predicted octanol–water partition coefficient (Wildman–Crippen LogP) is 6.43. The Morgan fingerprint density at radius 2 is 1.26 bits per heavy atom. The Morgan fingerprint density at radius 3 is 1.69 bits per heavy atom. The van der Waals surface area contributed by atoms with Crippen molar-refractivity contribution in [3.8, 4) is 0 Å². The van der Waals surface area contributed by atoms with Crippen LogP contribution in [0.3, 0.4) is 0 Å². The van der Waals surface area contributed by atoms with E-state index in [1.54, 1.807) is 46.2 Å². The van der Waals surface area contributed by atoms with E-state index in [0.29, 0.717) is 51.4 Å². The van der Waals surface area contributed by atoms with E-state index in [1.165, 1.54) is 0 Å². The van der Waals surface area contributed by atoms with Gasteiger partial charge in [-0.25, -0.2) is 4.79 Å². The highest BCUT2D eigenvalue weighted by Gasteiger charge is 2.48. The van der Waals surface area contributed by atoms with Crippen LogP contribution in [-0.2, 0) is 4.74 Å². The van der Waals surface area contributed by atoms with Gasteiger partial charge in [-0.3, -0.25) is 9.59 Å². The minimum absolute atomic E-state index is 0. The Bertz CT molecular complexity index is 1370. The fourth-order valence-electron chi connectivity index (χ4n) is 5.92. The quantitative estimate of drug-likeness (QED) is 0.396. The second-order valence-electron chi connectivity index (χ2n) is 11.8. The molecule has 2 aromatic rings. The van der Waals surface area contributed by atoms with Crippen LogP contribution in [0, 0.1) is 0 Å². The van der Waals surface area contributed by atoms with Gasteiger partial charge in [0.05, 0.1) is 43.3 Å². The first-order valence-electron chi connectivity index (χ1n) is 13.6. The number of likely N-dealkylation sites (tertiary alicyclic amines) is 3. The van der Waals surface area contributed by atoms with Crippen molar-refractivity contribution in [1.29, 1.82) is 0 Å². The van der Waals surface area contributed by atoms with Crippen LogP contribution in [0.25, 0.3) is 0 Å². The molecule has 0 radical (unpaired) electrons. The number of carbonyl (C=O) groups excluding carboxylic acids is 3. The Balaban J connectivity index is 0.000000198. The molecule has 1 N–H and O–H groups in total. The molecule has 4 saturated heterocycles. The van der Waals surface area contributed by atoms with Gasteiger partial charge < -0.3 is 24.8 Å². The summed E-state index contributed by atoms with van der Waals surface area (Å²) in [7, 11) is 0. The van der Waals surface area contributed by atoms with Crippen LogP contribution in [0.2, 0.25) is 20.1 Å². The third-order valence-corrected chi connectivity index (χ3v) is 9.45. The van der Waals surface area contributed by atoms with Crippen molar-refractivity contribution in [2.24, 2.45) is 0 Å². The number of benzene rings is 2. The highest BCUT2D eigenvalue weighted by Crippen LogP contribution is 2.35. The highest BCUT2D eigenvalue weighted by molar-refractivity contribution is 6.44. The van der Waals surface area contributed by atoms with Crippen LogP contribution in [-0.4, -0.2) is 88.6 Å². The molecule has 42 heavy (non-hydrogen) atoms. The topological polar surface area (TPSA) is 82.2 Å². The number of nitrogens with one attached hydrogen (secondary N) is 1. The minimum atomic E-state index is -0.525. The molecule has 4 bridgehead atoms. The summed E-state index contributed by atoms with van der Waals surface area (Å²) >= 11 is 24.2. The van der Waals surface area contributed by atoms with Crippen molar-refractivity contribution in [2.75, 3.05) is 26.2 Å². The molecule has 2 aromatic carbocycles. The molecule has 228 valence electrons. The average Bonchev–Trinajstić information content (AvgIpc) is 3.72. The van der Waals surface area contributed by atoms with Crippen LogP contribution in [0.15, 0.2) is 36.4 Å². The summed E-state index contributed by atoms with van der Waals surface area (Å²) in [4.78, 5) is 42.8. The van der Waals surface area contributed by atoms with E-state index in [0.717, 1.165) is 25.9 Å². The number of hydrogen-bond donors (Lipinski definition) is 1. The molecule has 0 saturated carbocycles. The van der Waals surface area contributed by atoms with Crippen LogP contribution in [0.1, 0.15) is 54.3 Å². The van der Waals surface area contributed by atoms with Crippen LogP contribution in [0.5, 0.6) is 0 Å². The maximum absolute atomic E-state index is 12.8. The SMILES string of the molecule is CC(C)(C)OC(=O)N1C[C@H]2C[C@@H]1CN2C(=O)c1cccc(Cl)c1Cl.Cl.O=C(c1cccc(Cl)c1Cl)N1C[C@H]2C[C@@H]1CN2. The zero-order valence-corrected chi connectivity index (χ0v) is 27.3. The van der Waals surface area contributed by atoms with E-state index in [-0.39, 0.29) is 47.4 Å². The predicted molar refractivity (Wildman–Crippen MR) is 168 cm³/mol. The molecule has 3 amide bonds. The van der Waals surface area contributed by atoms with Crippen molar-refractivity contribution in [2.45, 2.75) is 63.4 Å². The first-order chi connectivity index (χ1) is 19.3. The lowest BCUT2D eigenvalue weighted by Crippen LogP contribution is -2.51. The van der Waals surface area contributed by atoms with Gasteiger partial charge in [-0.05, 0) is 57.9 Å². The average molecular weight is 679 g/mol. The molecule has 0 spiro atoms. The number of nitrogens with zero attached hydrogens (tertiary/aromatic N) is 3. The summed E-state index contributed by atoms with van der Waals surface area (Å²) < 4.78 is 5.43. The Morgan fingerprint density at radius 1 is 0.762 bits per heavy atom. The Hall–Kier alpha value is -1.94. The lowest BCUT2D eigenvalue weighted by Gasteiger charge is -2.35. The van der Waals surface area contributed by atoms with Crippen molar-refractivity contribution < 1.29 is 19.1 Å². The smallest absolute Gasteiger partial charge is 0.410 e. The number of ether oxygens (including phenoxy) is 1. The third-order valence-electron chi connectivity index (χ3n) is 7.81. The van der Waals surface area contributed by atoms with Gasteiger partial charge in [-0.1, -0.05) is 58.5 Å². The van der Waals surface area contributed by atoms with Gasteiger partial charge in [0.2, 0.25) is 0 Å². The zero-order chi connectivity index (χ0) is 29.6. The lowest BCUT2D eigenvalue weighted by atomic mass is 10.1. The molecule has 0 unspecified atom stereocenters. The number of amides is 3. The number of halogens is 5. The molecule has 4 aliphatic heterocycles. The fourth-order valence-corrected chi connectivity index (χ4v) is 6.68. The lowest BCUT2D eigenvalue weighted by molar-refractivity contribution is 0.0126. The summed E-state index contributed by atoms with van der Waals surface area (Å²) in [6.45, 7) is 8.17. The third kappa shape index (κ3) is 6.74. The second kappa shape index (κ2) is 13.0. The van der Waals surface area contributed by atoms with Gasteiger partial charge in [0.25, 0.3) is 11.8 Å². The zero-order valence-electron chi connectivity index (χ0n) is 23.4. The Kier molecular flexibility index (Phi) is 10.2. The largest absolute Gasteiger partial charge is 0.444 e. The normalized spacial score (nSPS) is 23.8. The first-order valence-corrected chi connectivity index (χ1v) is 15.1. The van der Waals surface area contributed by atoms with E-state index in [2.05, 4.69) is 5.32 Å². The van der Waals surface area contributed by atoms with Gasteiger partial charge in [-0.15, -0.1) is 12.4 Å². The van der Waals surface area contributed by atoms with Crippen LogP contribution in [0.4, 0.5) is 4.79 Å². The monoisotopic (exact) mass is 676 g/mol. The molecule has 4 heterocycles. The van der Waals surface area contributed by atoms with Crippen molar-refractivity contribution in [1.82, 2.24) is 20.0 Å². The van der Waals surface area contributed by atoms with E-state index in [4.69, 9.17) is 51.1 Å². The van der Waals surface area contributed by atoms with E-state index < -0.39 is 5.60 Å². The van der Waals surface area contributed by atoms with Gasteiger partial charge in [-0.2, -0.15) is 0 Å². The molecular weight excluding hydrogens is 646 g/mol. The minimum Gasteiger partial charge on any atom is -0.444 e. The van der Waals surface area contributed by atoms with Crippen molar-refractivity contribution in [3.63, 3.8) is 0 Å². The van der Waals surface area contributed by atoms with E-state index in [9.17, 15) is 14.4 Å². The van der Waals surface area contributed by atoms with Crippen LogP contribution < -0.4 is 5.32 Å². The molecular formula is C29H33Cl5N4O4. The van der Waals surface area contributed by atoms with E-state index >= 15 is 0 Å². The Labute approximate surface area is 271 Å². The van der Waals surface area contributed by atoms with Crippen LogP contribution >= 0.6 is 58.8 Å². The van der Waals surface area contributed by atoms with Gasteiger partial charge >= 0.3 is 6.09 Å². The summed E-state index contributed by atoms with van der Waals surface area (Å²) in [5.74, 6) is -0.148. The fraction of sp³-hybridized carbons (Fsp3) is 0.483. The van der Waals surface area contributed by atoms with Crippen molar-refractivity contribution >= 4 is 76.7 Å². The molecule has 8 nitrogen and oxygen atoms in total.